The second-order valence-electron chi connectivity index (χ2n) is 7.76. The lowest BCUT2D eigenvalue weighted by Gasteiger charge is -2.15. The van der Waals surface area contributed by atoms with Crippen LogP contribution in [0.4, 0.5) is 5.69 Å². The maximum atomic E-state index is 12.8. The Morgan fingerprint density at radius 3 is 2.26 bits per heavy atom. The molecule has 0 bridgehead atoms. The van der Waals surface area contributed by atoms with E-state index in [2.05, 4.69) is 10.1 Å². The maximum absolute atomic E-state index is 12.8. The summed E-state index contributed by atoms with van der Waals surface area (Å²) in [4.78, 5) is 24.0. The summed E-state index contributed by atoms with van der Waals surface area (Å²) in [5, 5.41) is 10.5. The van der Waals surface area contributed by atoms with Gasteiger partial charge in [0.1, 0.15) is 11.6 Å². The molecule has 0 fully saturated rings. The largest absolute Gasteiger partial charge is 0.491 e. The van der Waals surface area contributed by atoms with E-state index in [0.29, 0.717) is 35.6 Å². The number of esters is 1. The second kappa shape index (κ2) is 12.2. The van der Waals surface area contributed by atoms with Crippen molar-refractivity contribution < 1.29 is 19.1 Å². The number of carbonyl (C=O) groups is 2. The smallest absolute Gasteiger partial charge is 0.305 e. The maximum Gasteiger partial charge on any atom is 0.305 e. The average molecular weight is 460 g/mol. The highest BCUT2D eigenvalue weighted by Crippen LogP contribution is 2.31. The highest BCUT2D eigenvalue weighted by atomic mass is 16.5. The van der Waals surface area contributed by atoms with Crippen LogP contribution in [0.1, 0.15) is 41.6 Å². The summed E-state index contributed by atoms with van der Waals surface area (Å²) < 4.78 is 10.6. The molecule has 0 aliphatic carbocycles. The number of hydrogen-bond acceptors (Lipinski definition) is 5. The van der Waals surface area contributed by atoms with Gasteiger partial charge < -0.3 is 20.5 Å². The number of methoxy groups -OCH3 is 1. The molecule has 4 N–H and O–H groups in total. The molecule has 0 saturated carbocycles. The molecule has 0 aliphatic rings. The van der Waals surface area contributed by atoms with Crippen LogP contribution in [0.3, 0.4) is 0 Å². The zero-order valence-electron chi connectivity index (χ0n) is 19.2. The molecule has 0 spiro atoms. The first-order valence-electron chi connectivity index (χ1n) is 11.1. The molecule has 0 unspecified atom stereocenters. The van der Waals surface area contributed by atoms with Crippen molar-refractivity contribution in [3.8, 4) is 16.9 Å². The normalized spacial score (nSPS) is 10.4. The molecular weight excluding hydrogens is 430 g/mol. The molecule has 7 nitrogen and oxygen atoms in total. The van der Waals surface area contributed by atoms with Crippen molar-refractivity contribution in [2.45, 2.75) is 25.7 Å². The fraction of sp³-hybridized carbons (Fsp3) is 0.222. The van der Waals surface area contributed by atoms with E-state index in [0.717, 1.165) is 30.4 Å². The van der Waals surface area contributed by atoms with Gasteiger partial charge in [-0.3, -0.25) is 15.0 Å². The Balaban J connectivity index is 1.75. The summed E-state index contributed by atoms with van der Waals surface area (Å²) in [6.07, 6.45) is 2.74. The number of nitrogen functional groups attached to an aromatic ring is 1. The molecule has 3 aromatic carbocycles. The lowest BCUT2D eigenvalue weighted by Crippen LogP contribution is -2.13. The number of carbonyl (C=O) groups excluding carboxylic acids is 2. The Kier molecular flexibility index (Phi) is 8.80. The SMILES string of the molecule is COC(=O)CCCCCOc1ccc(-c2ccc(C(=N)N)cc2)cc1NC(=O)c1ccccc1. The van der Waals surface area contributed by atoms with Crippen molar-refractivity contribution in [1.82, 2.24) is 0 Å². The molecule has 0 saturated heterocycles. The number of hydrogen-bond donors (Lipinski definition) is 3. The molecule has 1 amide bonds. The molecule has 0 atom stereocenters. The molecule has 0 heterocycles. The molecule has 0 aromatic heterocycles. The third-order valence-electron chi connectivity index (χ3n) is 5.30. The zero-order valence-corrected chi connectivity index (χ0v) is 19.2. The number of benzene rings is 3. The summed E-state index contributed by atoms with van der Waals surface area (Å²) in [6, 6.07) is 22.0. The molecule has 176 valence electrons. The minimum atomic E-state index is -0.229. The molecule has 34 heavy (non-hydrogen) atoms. The zero-order chi connectivity index (χ0) is 24.3. The predicted molar refractivity (Wildman–Crippen MR) is 133 cm³/mol. The van der Waals surface area contributed by atoms with Crippen LogP contribution in [0.5, 0.6) is 5.75 Å². The fourth-order valence-electron chi connectivity index (χ4n) is 3.39. The first kappa shape index (κ1) is 24.5. The van der Waals surface area contributed by atoms with Gasteiger partial charge in [-0.05, 0) is 54.7 Å². The summed E-state index contributed by atoms with van der Waals surface area (Å²) in [7, 11) is 1.39. The van der Waals surface area contributed by atoms with Gasteiger partial charge in [0.15, 0.2) is 0 Å². The van der Waals surface area contributed by atoms with Crippen molar-refractivity contribution in [2.24, 2.45) is 5.73 Å². The van der Waals surface area contributed by atoms with Crippen LogP contribution >= 0.6 is 0 Å². The van der Waals surface area contributed by atoms with Crippen molar-refractivity contribution in [1.29, 1.82) is 5.41 Å². The van der Waals surface area contributed by atoms with Gasteiger partial charge in [-0.15, -0.1) is 0 Å². The van der Waals surface area contributed by atoms with Gasteiger partial charge in [0.05, 0.1) is 19.4 Å². The third kappa shape index (κ3) is 6.93. The van der Waals surface area contributed by atoms with Crippen molar-refractivity contribution in [2.75, 3.05) is 19.0 Å². The van der Waals surface area contributed by atoms with E-state index in [4.69, 9.17) is 15.9 Å². The highest BCUT2D eigenvalue weighted by Gasteiger charge is 2.12. The lowest BCUT2D eigenvalue weighted by atomic mass is 10.0. The van der Waals surface area contributed by atoms with Crippen molar-refractivity contribution in [3.05, 3.63) is 83.9 Å². The Morgan fingerprint density at radius 2 is 1.59 bits per heavy atom. The van der Waals surface area contributed by atoms with E-state index < -0.39 is 0 Å². The van der Waals surface area contributed by atoms with Gasteiger partial charge in [0, 0.05) is 17.5 Å². The molecular formula is C27H29N3O4. The minimum absolute atomic E-state index is 0.0118. The summed E-state index contributed by atoms with van der Waals surface area (Å²) in [5.41, 5.74) is 9.13. The average Bonchev–Trinajstić information content (AvgIpc) is 2.87. The Labute approximate surface area is 199 Å². The van der Waals surface area contributed by atoms with Crippen LogP contribution in [0.15, 0.2) is 72.8 Å². The number of unbranched alkanes of at least 4 members (excludes halogenated alkanes) is 2. The van der Waals surface area contributed by atoms with E-state index in [9.17, 15) is 9.59 Å². The van der Waals surface area contributed by atoms with Gasteiger partial charge in [0.2, 0.25) is 0 Å². The van der Waals surface area contributed by atoms with E-state index in [1.54, 1.807) is 24.3 Å². The predicted octanol–water partition coefficient (Wildman–Crippen LogP) is 5.00. The summed E-state index contributed by atoms with van der Waals surface area (Å²) in [6.45, 7) is 0.460. The van der Waals surface area contributed by atoms with Gasteiger partial charge in [-0.25, -0.2) is 0 Å². The number of amides is 1. The Bertz CT molecular complexity index is 1130. The monoisotopic (exact) mass is 459 g/mol. The van der Waals surface area contributed by atoms with Crippen LogP contribution in [0.25, 0.3) is 11.1 Å². The number of nitrogens with two attached hydrogens (primary N) is 1. The lowest BCUT2D eigenvalue weighted by molar-refractivity contribution is -0.140. The van der Waals surface area contributed by atoms with Gasteiger partial charge in [-0.1, -0.05) is 48.5 Å². The van der Waals surface area contributed by atoms with Crippen LogP contribution in [-0.4, -0.2) is 31.4 Å². The first-order chi connectivity index (χ1) is 16.5. The van der Waals surface area contributed by atoms with Crippen molar-refractivity contribution in [3.63, 3.8) is 0 Å². The minimum Gasteiger partial charge on any atom is -0.491 e. The van der Waals surface area contributed by atoms with E-state index in [-0.39, 0.29) is 17.7 Å². The molecule has 0 radical (unpaired) electrons. The number of ether oxygens (including phenoxy) is 2. The quantitative estimate of drug-likeness (QED) is 0.162. The molecule has 3 aromatic rings. The van der Waals surface area contributed by atoms with Crippen LogP contribution < -0.4 is 15.8 Å². The van der Waals surface area contributed by atoms with Gasteiger partial charge in [0.25, 0.3) is 5.91 Å². The molecule has 0 aliphatic heterocycles. The third-order valence-corrected chi connectivity index (χ3v) is 5.30. The summed E-state index contributed by atoms with van der Waals surface area (Å²) >= 11 is 0. The Morgan fingerprint density at radius 1 is 0.882 bits per heavy atom. The second-order valence-corrected chi connectivity index (χ2v) is 7.76. The Hall–Kier alpha value is -4.13. The summed E-state index contributed by atoms with van der Waals surface area (Å²) in [5.74, 6) is 0.144. The van der Waals surface area contributed by atoms with E-state index in [1.165, 1.54) is 7.11 Å². The van der Waals surface area contributed by atoms with Crippen LogP contribution in [0, 0.1) is 5.41 Å². The van der Waals surface area contributed by atoms with Gasteiger partial charge in [-0.2, -0.15) is 0 Å². The van der Waals surface area contributed by atoms with Crippen molar-refractivity contribution >= 4 is 23.4 Å². The topological polar surface area (TPSA) is 114 Å². The number of amidine groups is 1. The van der Waals surface area contributed by atoms with Crippen LogP contribution in [-0.2, 0) is 9.53 Å². The molecule has 3 rings (SSSR count). The van der Waals surface area contributed by atoms with Gasteiger partial charge >= 0.3 is 5.97 Å². The van der Waals surface area contributed by atoms with Crippen LogP contribution in [0.2, 0.25) is 0 Å². The number of anilines is 1. The standard InChI is InChI=1S/C27H29N3O4/c1-33-25(31)10-6-3-7-17-34-24-16-15-22(19-11-13-20(14-12-19)26(28)29)18-23(24)30-27(32)21-8-4-2-5-9-21/h2,4-5,8-9,11-16,18H,3,6-7,10,17H2,1H3,(H3,28,29)(H,30,32). The van der Waals surface area contributed by atoms with E-state index in [1.807, 2.05) is 48.5 Å². The fourth-order valence-corrected chi connectivity index (χ4v) is 3.39. The highest BCUT2D eigenvalue weighted by molar-refractivity contribution is 6.05. The van der Waals surface area contributed by atoms with E-state index >= 15 is 0 Å². The molecule has 7 heteroatoms. The first-order valence-corrected chi connectivity index (χ1v) is 11.1. The number of rotatable bonds is 11. The number of nitrogens with one attached hydrogen (secondary N) is 2.